The average Bonchev–Trinajstić information content (AvgIpc) is 2.85. The maximum atomic E-state index is 13.0. The van der Waals surface area contributed by atoms with E-state index < -0.39 is 19.1 Å². The van der Waals surface area contributed by atoms with Gasteiger partial charge in [-0.25, -0.2) is 8.78 Å². The molecule has 0 bridgehead atoms. The predicted octanol–water partition coefficient (Wildman–Crippen LogP) is 0.824. The number of rotatable bonds is 6. The van der Waals surface area contributed by atoms with Crippen LogP contribution in [0.15, 0.2) is 6.20 Å². The molecule has 0 fully saturated rings. The number of alkyl halides is 2. The molecule has 0 aliphatic carbocycles. The Labute approximate surface area is 107 Å². The summed E-state index contributed by atoms with van der Waals surface area (Å²) in [6, 6.07) is 0. The molecule has 0 saturated carbocycles. The van der Waals surface area contributed by atoms with E-state index in [-0.39, 0.29) is 5.82 Å². The third-order valence-corrected chi connectivity index (χ3v) is 2.39. The molecule has 0 aliphatic rings. The Balaban J connectivity index is 2.27. The second-order valence-corrected chi connectivity index (χ2v) is 3.93. The molecule has 0 unspecified atom stereocenters. The lowest BCUT2D eigenvalue weighted by molar-refractivity contribution is -0.0373. The molecule has 2 aromatic rings. The molecule has 104 valence electrons. The second-order valence-electron chi connectivity index (χ2n) is 3.93. The summed E-state index contributed by atoms with van der Waals surface area (Å²) < 4.78 is 26.0. The zero-order valence-corrected chi connectivity index (χ0v) is 10.2. The van der Waals surface area contributed by atoms with Crippen molar-refractivity contribution in [1.82, 2.24) is 20.2 Å². The Hall–Kier alpha value is -2.03. The number of halogens is 2. The van der Waals surface area contributed by atoms with Gasteiger partial charge < -0.3 is 15.7 Å². The molecule has 4 N–H and O–H groups in total. The molecule has 0 amide bonds. The molecule has 0 saturated heterocycles. The van der Waals surface area contributed by atoms with Crippen molar-refractivity contribution in [2.75, 3.05) is 30.3 Å². The van der Waals surface area contributed by atoms with Gasteiger partial charge in [0.1, 0.15) is 12.4 Å². The first-order valence-electron chi connectivity index (χ1n) is 5.73. The number of anilines is 2. The fourth-order valence-corrected chi connectivity index (χ4v) is 1.48. The van der Waals surface area contributed by atoms with Crippen LogP contribution in [0, 0.1) is 0 Å². The van der Waals surface area contributed by atoms with E-state index in [1.807, 2.05) is 6.92 Å². The third kappa shape index (κ3) is 3.05. The molecular weight excluding hydrogens is 258 g/mol. The molecule has 2 aromatic heterocycles. The average molecular weight is 272 g/mol. The summed E-state index contributed by atoms with van der Waals surface area (Å²) in [6.07, 6.45) is 1.45. The summed E-state index contributed by atoms with van der Waals surface area (Å²) in [5.41, 5.74) is 0.445. The van der Waals surface area contributed by atoms with Crippen molar-refractivity contribution in [3.8, 4) is 0 Å². The summed E-state index contributed by atoms with van der Waals surface area (Å²) in [5.74, 6) is -2.66. The minimum absolute atomic E-state index is 0.239. The van der Waals surface area contributed by atoms with Gasteiger partial charge in [0.05, 0.1) is 18.1 Å². The number of aliphatic hydroxyl groups excluding tert-OH is 1. The summed E-state index contributed by atoms with van der Waals surface area (Å²) in [6.45, 7) is 0.533. The largest absolute Gasteiger partial charge is 0.390 e. The molecule has 0 atom stereocenters. The number of hydrogen-bond acceptors (Lipinski definition) is 6. The summed E-state index contributed by atoms with van der Waals surface area (Å²) >= 11 is 0. The first kappa shape index (κ1) is 13.4. The number of hydrogen-bond donors (Lipinski definition) is 4. The van der Waals surface area contributed by atoms with E-state index >= 15 is 0 Å². The molecule has 2 rings (SSSR count). The Kier molecular flexibility index (Phi) is 3.74. The molecule has 19 heavy (non-hydrogen) atoms. The number of aromatic nitrogens is 4. The van der Waals surface area contributed by atoms with Crippen LogP contribution in [0.4, 0.5) is 20.5 Å². The van der Waals surface area contributed by atoms with Crippen molar-refractivity contribution in [2.45, 2.75) is 12.8 Å². The van der Waals surface area contributed by atoms with E-state index in [1.165, 1.54) is 6.20 Å². The highest BCUT2D eigenvalue weighted by molar-refractivity contribution is 5.86. The second kappa shape index (κ2) is 5.31. The molecule has 0 spiro atoms. The van der Waals surface area contributed by atoms with Crippen LogP contribution < -0.4 is 10.6 Å². The molecule has 7 nitrogen and oxygen atoms in total. The van der Waals surface area contributed by atoms with Crippen LogP contribution in [0.2, 0.25) is 0 Å². The molecular formula is C10H14F2N6O. The van der Waals surface area contributed by atoms with Crippen molar-refractivity contribution in [3.63, 3.8) is 0 Å². The van der Waals surface area contributed by atoms with Crippen molar-refractivity contribution in [1.29, 1.82) is 0 Å². The summed E-state index contributed by atoms with van der Waals surface area (Å²) in [5, 5.41) is 20.9. The minimum atomic E-state index is -3.21. The van der Waals surface area contributed by atoms with Crippen LogP contribution in [-0.2, 0) is 0 Å². The standard InChI is InChI=1S/C10H14F2N6O/c1-2-13-9-16-7(14-4-10(11,12)5-19)6-3-15-18-8(6)17-9/h3,19H,2,4-5H2,1H3,(H3,13,14,15,16,17,18). The van der Waals surface area contributed by atoms with E-state index in [4.69, 9.17) is 5.11 Å². The van der Waals surface area contributed by atoms with Gasteiger partial charge in [-0.15, -0.1) is 0 Å². The van der Waals surface area contributed by atoms with E-state index in [2.05, 4.69) is 30.8 Å². The molecule has 0 aromatic carbocycles. The van der Waals surface area contributed by atoms with Gasteiger partial charge in [-0.05, 0) is 6.92 Å². The number of aliphatic hydroxyl groups is 1. The Morgan fingerprint density at radius 2 is 2.16 bits per heavy atom. The van der Waals surface area contributed by atoms with E-state index in [9.17, 15) is 8.78 Å². The Morgan fingerprint density at radius 3 is 2.84 bits per heavy atom. The van der Waals surface area contributed by atoms with Gasteiger partial charge in [-0.1, -0.05) is 0 Å². The van der Waals surface area contributed by atoms with Crippen LogP contribution in [0.25, 0.3) is 11.0 Å². The molecule has 0 aliphatic heterocycles. The lowest BCUT2D eigenvalue weighted by atomic mass is 10.3. The van der Waals surface area contributed by atoms with Gasteiger partial charge in [0.25, 0.3) is 5.92 Å². The first-order valence-corrected chi connectivity index (χ1v) is 5.73. The number of nitrogens with one attached hydrogen (secondary N) is 3. The minimum Gasteiger partial charge on any atom is -0.390 e. The van der Waals surface area contributed by atoms with Crippen molar-refractivity contribution >= 4 is 22.8 Å². The van der Waals surface area contributed by atoms with Crippen LogP contribution in [0.5, 0.6) is 0 Å². The smallest absolute Gasteiger partial charge is 0.287 e. The highest BCUT2D eigenvalue weighted by Crippen LogP contribution is 2.21. The maximum absolute atomic E-state index is 13.0. The quantitative estimate of drug-likeness (QED) is 0.621. The molecule has 0 radical (unpaired) electrons. The normalized spacial score (nSPS) is 11.8. The van der Waals surface area contributed by atoms with Crippen LogP contribution in [0.3, 0.4) is 0 Å². The lowest BCUT2D eigenvalue weighted by Gasteiger charge is -2.15. The SMILES string of the molecule is CCNc1nc(NCC(F)(F)CO)c2cn[nH]c2n1. The van der Waals surface area contributed by atoms with Crippen LogP contribution in [-0.4, -0.2) is 50.9 Å². The zero-order valence-electron chi connectivity index (χ0n) is 10.2. The monoisotopic (exact) mass is 272 g/mol. The number of H-pyrrole nitrogens is 1. The number of fused-ring (bicyclic) bond motifs is 1. The maximum Gasteiger partial charge on any atom is 0.287 e. The van der Waals surface area contributed by atoms with E-state index in [0.29, 0.717) is 23.5 Å². The lowest BCUT2D eigenvalue weighted by Crippen LogP contribution is -2.31. The predicted molar refractivity (Wildman–Crippen MR) is 66.4 cm³/mol. The Bertz CT molecular complexity index is 558. The van der Waals surface area contributed by atoms with Crippen molar-refractivity contribution in [3.05, 3.63) is 6.20 Å². The van der Waals surface area contributed by atoms with Gasteiger partial charge in [0.15, 0.2) is 5.65 Å². The number of nitrogens with zero attached hydrogens (tertiary/aromatic N) is 3. The van der Waals surface area contributed by atoms with Gasteiger partial charge >= 0.3 is 0 Å². The topological polar surface area (TPSA) is 98.8 Å². The van der Waals surface area contributed by atoms with Crippen molar-refractivity contribution < 1.29 is 13.9 Å². The van der Waals surface area contributed by atoms with E-state index in [0.717, 1.165) is 0 Å². The zero-order chi connectivity index (χ0) is 13.9. The number of aromatic amines is 1. The highest BCUT2D eigenvalue weighted by atomic mass is 19.3. The fourth-order valence-electron chi connectivity index (χ4n) is 1.48. The third-order valence-electron chi connectivity index (χ3n) is 2.39. The van der Waals surface area contributed by atoms with Gasteiger partial charge in [0.2, 0.25) is 5.95 Å². The van der Waals surface area contributed by atoms with Gasteiger partial charge in [-0.3, -0.25) is 5.10 Å². The van der Waals surface area contributed by atoms with Crippen molar-refractivity contribution in [2.24, 2.45) is 0 Å². The first-order chi connectivity index (χ1) is 9.05. The Morgan fingerprint density at radius 1 is 1.37 bits per heavy atom. The summed E-state index contributed by atoms with van der Waals surface area (Å²) in [7, 11) is 0. The van der Waals surface area contributed by atoms with Crippen LogP contribution in [0.1, 0.15) is 6.92 Å². The fraction of sp³-hybridized carbons (Fsp3) is 0.500. The molecule has 2 heterocycles. The summed E-state index contributed by atoms with van der Waals surface area (Å²) in [4.78, 5) is 8.22. The van der Waals surface area contributed by atoms with Gasteiger partial charge in [-0.2, -0.15) is 15.1 Å². The molecule has 9 heteroatoms. The highest BCUT2D eigenvalue weighted by Gasteiger charge is 2.27. The van der Waals surface area contributed by atoms with Crippen LogP contribution >= 0.6 is 0 Å². The van der Waals surface area contributed by atoms with E-state index in [1.54, 1.807) is 0 Å². The van der Waals surface area contributed by atoms with Gasteiger partial charge in [0, 0.05) is 6.54 Å².